The number of hydrogen-bond donors (Lipinski definition) is 2. The van der Waals surface area contributed by atoms with Crippen LogP contribution in [-0.2, 0) is 13.0 Å². The van der Waals surface area contributed by atoms with Crippen molar-refractivity contribution in [1.29, 1.82) is 0 Å². The van der Waals surface area contributed by atoms with Crippen molar-refractivity contribution in [1.82, 2.24) is 10.2 Å². The van der Waals surface area contributed by atoms with Gasteiger partial charge < -0.3 is 15.4 Å². The number of rotatable bonds is 7. The fourth-order valence-corrected chi connectivity index (χ4v) is 6.72. The minimum Gasteiger partial charge on any atom is -0.492 e. The van der Waals surface area contributed by atoms with Crippen molar-refractivity contribution in [2.45, 2.75) is 69.9 Å². The standard InChI is InChI=1S/C29H36FN3O2/c30-22-9-10-26-24(13-22)20(15-31-26)7-4-12-33(17-19-5-2-1-3-6-19)23-14-25-27(35-18-23)11-8-21-16-32-29(34)28(21)25/h8-11,13,19-20,23,31H,1-7,12,14-18H2,(H,32,34). The van der Waals surface area contributed by atoms with E-state index in [1.807, 2.05) is 18.2 Å². The summed E-state index contributed by atoms with van der Waals surface area (Å²) in [5, 5.41) is 6.43. The summed E-state index contributed by atoms with van der Waals surface area (Å²) in [6.45, 7) is 4.32. The third-order valence-corrected chi connectivity index (χ3v) is 8.62. The summed E-state index contributed by atoms with van der Waals surface area (Å²) in [7, 11) is 0. The molecule has 0 spiro atoms. The van der Waals surface area contributed by atoms with Crippen LogP contribution in [0.5, 0.6) is 5.75 Å². The topological polar surface area (TPSA) is 53.6 Å². The zero-order valence-electron chi connectivity index (χ0n) is 20.5. The second kappa shape index (κ2) is 9.81. The summed E-state index contributed by atoms with van der Waals surface area (Å²) in [4.78, 5) is 15.2. The van der Waals surface area contributed by atoms with E-state index in [4.69, 9.17) is 4.74 Å². The molecule has 3 heterocycles. The summed E-state index contributed by atoms with van der Waals surface area (Å²) in [6, 6.07) is 9.47. The minimum atomic E-state index is -0.147. The van der Waals surface area contributed by atoms with Crippen LogP contribution in [0.2, 0.25) is 0 Å². The Bertz CT molecular complexity index is 1100. The summed E-state index contributed by atoms with van der Waals surface area (Å²) in [5.74, 6) is 1.89. The lowest BCUT2D eigenvalue weighted by atomic mass is 9.87. The van der Waals surface area contributed by atoms with Crippen molar-refractivity contribution in [3.05, 3.63) is 58.4 Å². The largest absolute Gasteiger partial charge is 0.492 e. The van der Waals surface area contributed by atoms with Gasteiger partial charge in [0.05, 0.1) is 5.56 Å². The average molecular weight is 478 g/mol. The Kier molecular flexibility index (Phi) is 6.40. The maximum absolute atomic E-state index is 13.9. The van der Waals surface area contributed by atoms with E-state index in [2.05, 4.69) is 15.5 Å². The number of fused-ring (bicyclic) bond motifs is 4. The molecule has 2 N–H and O–H groups in total. The van der Waals surface area contributed by atoms with Gasteiger partial charge in [0.1, 0.15) is 18.2 Å². The summed E-state index contributed by atoms with van der Waals surface area (Å²) >= 11 is 0. The Morgan fingerprint density at radius 1 is 1.09 bits per heavy atom. The highest BCUT2D eigenvalue weighted by Crippen LogP contribution is 2.37. The highest BCUT2D eigenvalue weighted by Gasteiger charge is 2.33. The molecule has 1 amide bonds. The van der Waals surface area contributed by atoms with E-state index < -0.39 is 0 Å². The first kappa shape index (κ1) is 22.8. The van der Waals surface area contributed by atoms with Crippen molar-refractivity contribution in [2.75, 3.05) is 31.6 Å². The Balaban J connectivity index is 1.16. The van der Waals surface area contributed by atoms with Gasteiger partial charge in [-0.05, 0) is 80.0 Å². The van der Waals surface area contributed by atoms with Crippen LogP contribution in [-0.4, -0.2) is 43.1 Å². The molecule has 5 nitrogen and oxygen atoms in total. The minimum absolute atomic E-state index is 0.0413. The molecule has 35 heavy (non-hydrogen) atoms. The molecule has 6 heteroatoms. The Labute approximate surface area is 207 Å². The molecule has 0 bridgehead atoms. The Morgan fingerprint density at radius 2 is 1.97 bits per heavy atom. The number of anilines is 1. The van der Waals surface area contributed by atoms with Crippen molar-refractivity contribution >= 4 is 11.6 Å². The molecule has 2 aromatic carbocycles. The molecule has 0 radical (unpaired) electrons. The number of amides is 1. The van der Waals surface area contributed by atoms with Gasteiger partial charge in [-0.3, -0.25) is 9.69 Å². The maximum atomic E-state index is 13.9. The molecule has 1 saturated carbocycles. The van der Waals surface area contributed by atoms with Crippen LogP contribution in [0.25, 0.3) is 0 Å². The van der Waals surface area contributed by atoms with Gasteiger partial charge >= 0.3 is 0 Å². The van der Waals surface area contributed by atoms with Crippen LogP contribution in [0, 0.1) is 11.7 Å². The molecular weight excluding hydrogens is 441 g/mol. The normalized spacial score (nSPS) is 23.3. The van der Waals surface area contributed by atoms with E-state index >= 15 is 0 Å². The van der Waals surface area contributed by atoms with Gasteiger partial charge in [0.2, 0.25) is 0 Å². The van der Waals surface area contributed by atoms with Crippen molar-refractivity contribution in [3.8, 4) is 5.75 Å². The zero-order valence-corrected chi connectivity index (χ0v) is 20.5. The van der Waals surface area contributed by atoms with Gasteiger partial charge in [-0.15, -0.1) is 0 Å². The molecule has 0 saturated heterocycles. The van der Waals surface area contributed by atoms with Gasteiger partial charge in [0, 0.05) is 42.8 Å². The molecule has 3 aliphatic heterocycles. The van der Waals surface area contributed by atoms with Crippen LogP contribution in [0.4, 0.5) is 10.1 Å². The number of nitrogens with zero attached hydrogens (tertiary/aromatic N) is 1. The van der Waals surface area contributed by atoms with Crippen LogP contribution in [0.15, 0.2) is 30.3 Å². The predicted molar refractivity (Wildman–Crippen MR) is 136 cm³/mol. The lowest BCUT2D eigenvalue weighted by Gasteiger charge is -2.38. The number of nitrogens with one attached hydrogen (secondary N) is 2. The molecule has 0 aromatic heterocycles. The van der Waals surface area contributed by atoms with Crippen molar-refractivity contribution in [2.24, 2.45) is 5.92 Å². The molecule has 2 aromatic rings. The van der Waals surface area contributed by atoms with Crippen molar-refractivity contribution < 1.29 is 13.9 Å². The second-order valence-corrected chi connectivity index (χ2v) is 10.9. The van der Waals surface area contributed by atoms with Crippen LogP contribution in [0.1, 0.15) is 77.9 Å². The number of hydrogen-bond acceptors (Lipinski definition) is 4. The third-order valence-electron chi connectivity index (χ3n) is 8.62. The molecule has 2 unspecified atom stereocenters. The van der Waals surface area contributed by atoms with Gasteiger partial charge in [-0.2, -0.15) is 0 Å². The van der Waals surface area contributed by atoms with Gasteiger partial charge in [-0.25, -0.2) is 4.39 Å². The smallest absolute Gasteiger partial charge is 0.252 e. The van der Waals surface area contributed by atoms with E-state index in [1.165, 1.54) is 38.2 Å². The molecule has 186 valence electrons. The average Bonchev–Trinajstić information content (AvgIpc) is 3.47. The molecule has 6 rings (SSSR count). The van der Waals surface area contributed by atoms with E-state index in [0.717, 1.165) is 78.5 Å². The van der Waals surface area contributed by atoms with Crippen LogP contribution in [0.3, 0.4) is 0 Å². The summed E-state index contributed by atoms with van der Waals surface area (Å²) in [6.07, 6.45) is 9.67. The molecular formula is C29H36FN3O2. The molecule has 2 atom stereocenters. The molecule has 1 aliphatic carbocycles. The maximum Gasteiger partial charge on any atom is 0.252 e. The fourth-order valence-electron chi connectivity index (χ4n) is 6.72. The Morgan fingerprint density at radius 3 is 2.86 bits per heavy atom. The van der Waals surface area contributed by atoms with Crippen LogP contribution >= 0.6 is 0 Å². The Hall–Kier alpha value is -2.60. The molecule has 4 aliphatic rings. The monoisotopic (exact) mass is 477 g/mol. The number of ether oxygens (including phenoxy) is 1. The first-order valence-electron chi connectivity index (χ1n) is 13.5. The predicted octanol–water partition coefficient (Wildman–Crippen LogP) is 5.24. The van der Waals surface area contributed by atoms with E-state index in [1.54, 1.807) is 6.07 Å². The van der Waals surface area contributed by atoms with E-state index in [0.29, 0.717) is 19.1 Å². The quantitative estimate of drug-likeness (QED) is 0.572. The SMILES string of the molecule is O=C1NCc2ccc3c(c21)CC(N(CCCC1CNc2ccc(F)cc21)CC1CCCCC1)CO3. The lowest BCUT2D eigenvalue weighted by molar-refractivity contribution is 0.0903. The number of carbonyl (C=O) groups excluding carboxylic acids is 1. The fraction of sp³-hybridized carbons (Fsp3) is 0.552. The highest BCUT2D eigenvalue weighted by molar-refractivity contribution is 6.00. The van der Waals surface area contributed by atoms with Gasteiger partial charge in [0.25, 0.3) is 5.91 Å². The van der Waals surface area contributed by atoms with Crippen molar-refractivity contribution in [3.63, 3.8) is 0 Å². The summed E-state index contributed by atoms with van der Waals surface area (Å²) < 4.78 is 20.1. The highest BCUT2D eigenvalue weighted by atomic mass is 19.1. The third kappa shape index (κ3) is 4.65. The van der Waals surface area contributed by atoms with E-state index in [-0.39, 0.29) is 17.8 Å². The van der Waals surface area contributed by atoms with Gasteiger partial charge in [-0.1, -0.05) is 25.3 Å². The first-order valence-corrected chi connectivity index (χ1v) is 13.5. The zero-order chi connectivity index (χ0) is 23.8. The van der Waals surface area contributed by atoms with E-state index in [9.17, 15) is 9.18 Å². The summed E-state index contributed by atoms with van der Waals surface area (Å²) in [5.41, 5.74) is 5.24. The number of benzene rings is 2. The number of carbonyl (C=O) groups is 1. The number of halogens is 1. The lowest BCUT2D eigenvalue weighted by Crippen LogP contribution is -2.46. The van der Waals surface area contributed by atoms with Crippen LogP contribution < -0.4 is 15.4 Å². The first-order chi connectivity index (χ1) is 17.2. The molecule has 1 fully saturated rings. The van der Waals surface area contributed by atoms with Gasteiger partial charge in [0.15, 0.2) is 0 Å². The second-order valence-electron chi connectivity index (χ2n) is 10.9.